The van der Waals surface area contributed by atoms with Crippen LogP contribution >= 0.6 is 0 Å². The van der Waals surface area contributed by atoms with Crippen molar-refractivity contribution in [2.45, 2.75) is 62.7 Å². The molecule has 3 aromatic carbocycles. The van der Waals surface area contributed by atoms with Gasteiger partial charge in [-0.3, -0.25) is 29.4 Å². The van der Waals surface area contributed by atoms with Gasteiger partial charge in [0.15, 0.2) is 5.96 Å². The van der Waals surface area contributed by atoms with Crippen LogP contribution in [0, 0.1) is 5.41 Å². The topological polar surface area (TPSA) is 279 Å². The maximum atomic E-state index is 13.9. The number of nitrogens with zero attached hydrogens (tertiary/aromatic N) is 1. The minimum atomic E-state index is -1.27. The molecule has 0 aromatic heterocycles. The van der Waals surface area contributed by atoms with Crippen LogP contribution in [-0.2, 0) is 36.8 Å². The number of phenolic OH excluding ortho intramolecular Hbond substituents is 1. The van der Waals surface area contributed by atoms with E-state index in [0.29, 0.717) is 17.5 Å². The number of nitrogens with one attached hydrogen (secondary N) is 5. The molecule has 0 radical (unpaired) electrons. The van der Waals surface area contributed by atoms with Crippen LogP contribution in [0.2, 0.25) is 0 Å². The van der Waals surface area contributed by atoms with Crippen LogP contribution < -0.4 is 38.5 Å². The summed E-state index contributed by atoms with van der Waals surface area (Å²) in [5.41, 5.74) is 18.8. The largest absolute Gasteiger partial charge is 0.508 e. The monoisotopic (exact) mass is 719 g/mol. The Morgan fingerprint density at radius 2 is 1.46 bits per heavy atom. The zero-order valence-electron chi connectivity index (χ0n) is 29.1. The predicted molar refractivity (Wildman–Crippen MR) is 196 cm³/mol. The predicted octanol–water partition coefficient (Wildman–Crippen LogP) is -0.343. The minimum Gasteiger partial charge on any atom is -0.508 e. The van der Waals surface area contributed by atoms with Gasteiger partial charge in [-0.2, -0.15) is 0 Å². The zero-order chi connectivity index (χ0) is 38.2. The maximum Gasteiger partial charge on any atom is 0.322 e. The highest BCUT2D eigenvalue weighted by Gasteiger charge is 2.33. The van der Waals surface area contributed by atoms with Gasteiger partial charge in [0.25, 0.3) is 0 Å². The molecular formula is C36H49N9O7. The first kappa shape index (κ1) is 40.7. The molecule has 0 spiro atoms. The van der Waals surface area contributed by atoms with Crippen molar-refractivity contribution < 1.29 is 34.2 Å². The third-order valence-electron chi connectivity index (χ3n) is 8.43. The van der Waals surface area contributed by atoms with Crippen LogP contribution in [0.4, 0.5) is 0 Å². The van der Waals surface area contributed by atoms with Gasteiger partial charge in [0.05, 0.1) is 6.04 Å². The van der Waals surface area contributed by atoms with Crippen LogP contribution in [0.15, 0.2) is 66.7 Å². The smallest absolute Gasteiger partial charge is 0.322 e. The molecule has 3 rings (SSSR count). The number of amides is 4. The second-order valence-corrected chi connectivity index (χ2v) is 12.5. The molecule has 16 nitrogen and oxygen atoms in total. The number of benzene rings is 3. The number of carbonyl (C=O) groups is 5. The molecule has 4 amide bonds. The lowest BCUT2D eigenvalue weighted by Crippen LogP contribution is -2.58. The molecule has 0 bridgehead atoms. The van der Waals surface area contributed by atoms with E-state index in [2.05, 4.69) is 21.3 Å². The number of hydrogen-bond donors (Lipinski definition) is 10. The number of carboxylic acid groups (broad SMARTS) is 1. The normalized spacial score (nSPS) is 13.2. The van der Waals surface area contributed by atoms with E-state index in [1.165, 1.54) is 24.1 Å². The van der Waals surface area contributed by atoms with Crippen LogP contribution in [0.1, 0.15) is 36.8 Å². The first-order valence-electron chi connectivity index (χ1n) is 16.9. The van der Waals surface area contributed by atoms with Crippen LogP contribution in [0.3, 0.4) is 0 Å². The highest BCUT2D eigenvalue weighted by Crippen LogP contribution is 2.18. The molecule has 0 aliphatic rings. The Balaban J connectivity index is 1.84. The molecule has 0 aliphatic heterocycles. The summed E-state index contributed by atoms with van der Waals surface area (Å²) >= 11 is 0. The molecule has 0 saturated heterocycles. The quantitative estimate of drug-likeness (QED) is 0.0410. The molecular weight excluding hydrogens is 670 g/mol. The van der Waals surface area contributed by atoms with E-state index in [4.69, 9.17) is 27.7 Å². The van der Waals surface area contributed by atoms with Crippen molar-refractivity contribution in [3.8, 4) is 5.75 Å². The Bertz CT molecular complexity index is 1700. The van der Waals surface area contributed by atoms with Crippen LogP contribution in [-0.4, -0.2) is 102 Å². The number of aromatic hydroxyl groups is 1. The van der Waals surface area contributed by atoms with Gasteiger partial charge >= 0.3 is 5.97 Å². The summed E-state index contributed by atoms with van der Waals surface area (Å²) in [5, 5.41) is 38.4. The fraction of sp³-hybridized carbons (Fsp3) is 0.389. The Hall–Kier alpha value is -5.74. The SMILES string of the molecule is CN(C(=O)[C@H](N)Cc1ccc(O)cc1)[C@H](CCCN)C(=O)N[C@@H](CCCNC(=N)N)C(=O)N[C@@H](Cc1ccc2ccccc2c1)C(=O)NCC(=O)O. The van der Waals surface area contributed by atoms with Gasteiger partial charge in [-0.05, 0) is 72.7 Å². The van der Waals surface area contributed by atoms with Crippen molar-refractivity contribution in [3.63, 3.8) is 0 Å². The third-order valence-corrected chi connectivity index (χ3v) is 8.43. The molecule has 0 fully saturated rings. The van der Waals surface area contributed by atoms with Crippen molar-refractivity contribution in [1.29, 1.82) is 5.41 Å². The average molecular weight is 720 g/mol. The molecule has 3 aromatic rings. The van der Waals surface area contributed by atoms with E-state index in [9.17, 15) is 29.1 Å². The van der Waals surface area contributed by atoms with E-state index in [-0.39, 0.29) is 56.9 Å². The Labute approximate surface area is 302 Å². The second kappa shape index (κ2) is 20.2. The number of phenols is 1. The number of carboxylic acids is 1. The van der Waals surface area contributed by atoms with Crippen molar-refractivity contribution in [1.82, 2.24) is 26.2 Å². The second-order valence-electron chi connectivity index (χ2n) is 12.5. The number of hydrogen-bond acceptors (Lipinski definition) is 9. The third kappa shape index (κ3) is 12.9. The fourth-order valence-electron chi connectivity index (χ4n) is 5.64. The molecule has 0 unspecified atom stereocenters. The van der Waals surface area contributed by atoms with Gasteiger partial charge in [-0.15, -0.1) is 0 Å². The first-order chi connectivity index (χ1) is 24.8. The summed E-state index contributed by atoms with van der Waals surface area (Å²) in [6, 6.07) is 14.9. The average Bonchev–Trinajstić information content (AvgIpc) is 3.11. The van der Waals surface area contributed by atoms with Crippen molar-refractivity contribution in [3.05, 3.63) is 77.9 Å². The van der Waals surface area contributed by atoms with Crippen molar-refractivity contribution in [2.75, 3.05) is 26.7 Å². The number of nitrogens with two attached hydrogens (primary N) is 3. The van der Waals surface area contributed by atoms with Crippen LogP contribution in [0.25, 0.3) is 10.8 Å². The maximum absolute atomic E-state index is 13.9. The number of likely N-dealkylation sites (N-methyl/N-ethyl adjacent to an activating group) is 1. The van der Waals surface area contributed by atoms with Gasteiger partial charge in [-0.1, -0.05) is 54.6 Å². The lowest BCUT2D eigenvalue weighted by molar-refractivity contribution is -0.141. The number of fused-ring (bicyclic) bond motifs is 1. The highest BCUT2D eigenvalue weighted by molar-refractivity contribution is 5.95. The van der Waals surface area contributed by atoms with E-state index >= 15 is 0 Å². The number of guanidine groups is 1. The fourth-order valence-corrected chi connectivity index (χ4v) is 5.64. The van der Waals surface area contributed by atoms with Gasteiger partial charge in [0.2, 0.25) is 23.6 Å². The summed E-state index contributed by atoms with van der Waals surface area (Å²) < 4.78 is 0. The molecule has 0 heterocycles. The Kier molecular flexibility index (Phi) is 15.8. The van der Waals surface area contributed by atoms with Crippen molar-refractivity contribution >= 4 is 46.3 Å². The summed E-state index contributed by atoms with van der Waals surface area (Å²) in [6.07, 6.45) is 1.03. The Morgan fingerprint density at radius 1 is 0.808 bits per heavy atom. The molecule has 0 saturated carbocycles. The molecule has 16 heteroatoms. The standard InChI is InChI=1S/C36H49N9O7/c1-45(35(52)27(38)19-22-11-14-26(46)15-12-22)30(9-4-16-37)34(51)43-28(8-5-17-41-36(39)40)33(50)44-29(32(49)42-21-31(47)48)20-23-10-13-24-6-2-3-7-25(24)18-23/h2-3,6-7,10-15,18,27-30,46H,4-5,8-9,16-17,19-21,37-38H2,1H3,(H,42,49)(H,43,51)(H,44,50)(H,47,48)(H4,39,40,41)/t27-,28+,29+,30-/m1/s1. The van der Waals surface area contributed by atoms with E-state index in [1.54, 1.807) is 18.2 Å². The van der Waals surface area contributed by atoms with Gasteiger partial charge < -0.3 is 53.6 Å². The summed E-state index contributed by atoms with van der Waals surface area (Å²) in [6.45, 7) is -0.235. The summed E-state index contributed by atoms with van der Waals surface area (Å²) in [7, 11) is 1.44. The highest BCUT2D eigenvalue weighted by atomic mass is 16.4. The lowest BCUT2D eigenvalue weighted by atomic mass is 10.00. The molecule has 0 aliphatic carbocycles. The van der Waals surface area contributed by atoms with E-state index in [0.717, 1.165) is 10.8 Å². The van der Waals surface area contributed by atoms with E-state index < -0.39 is 60.3 Å². The Morgan fingerprint density at radius 3 is 2.12 bits per heavy atom. The molecule has 52 heavy (non-hydrogen) atoms. The first-order valence-corrected chi connectivity index (χ1v) is 16.9. The molecule has 13 N–H and O–H groups in total. The van der Waals surface area contributed by atoms with Gasteiger partial charge in [0, 0.05) is 20.0 Å². The van der Waals surface area contributed by atoms with Gasteiger partial charge in [-0.25, -0.2) is 0 Å². The van der Waals surface area contributed by atoms with Crippen LogP contribution in [0.5, 0.6) is 5.75 Å². The lowest BCUT2D eigenvalue weighted by Gasteiger charge is -2.31. The molecule has 4 atom stereocenters. The van der Waals surface area contributed by atoms with Gasteiger partial charge in [0.1, 0.15) is 30.4 Å². The molecule has 280 valence electrons. The zero-order valence-corrected chi connectivity index (χ0v) is 29.1. The number of rotatable bonds is 20. The van der Waals surface area contributed by atoms with Crippen molar-refractivity contribution in [2.24, 2.45) is 17.2 Å². The summed E-state index contributed by atoms with van der Waals surface area (Å²) in [4.78, 5) is 66.9. The number of carbonyl (C=O) groups excluding carboxylic acids is 4. The summed E-state index contributed by atoms with van der Waals surface area (Å²) in [5.74, 6) is -4.11. The minimum absolute atomic E-state index is 0.0177. The number of aliphatic carboxylic acids is 1. The van der Waals surface area contributed by atoms with E-state index in [1.807, 2.05) is 36.4 Å².